The molecule has 36 heavy (non-hydrogen) atoms. The number of alkyl carbamates (subject to hydrolysis) is 1. The lowest BCUT2D eigenvalue weighted by Crippen LogP contribution is -2.45. The van der Waals surface area contributed by atoms with Crippen LogP contribution in [-0.4, -0.2) is 55.0 Å². The minimum atomic E-state index is -1.49. The Morgan fingerprint density at radius 3 is 2.08 bits per heavy atom. The third-order valence-corrected chi connectivity index (χ3v) is 5.44. The van der Waals surface area contributed by atoms with Crippen LogP contribution < -0.4 is 20.5 Å². The lowest BCUT2D eigenvalue weighted by atomic mass is 9.97. The molecular weight excluding hydrogens is 468 g/mol. The van der Waals surface area contributed by atoms with Gasteiger partial charge >= 0.3 is 18.0 Å². The number of methoxy groups -OCH3 is 2. The molecule has 1 aliphatic rings. The number of rotatable bonds is 8. The molecule has 10 nitrogen and oxygen atoms in total. The summed E-state index contributed by atoms with van der Waals surface area (Å²) in [6.45, 7) is 8.23. The summed E-state index contributed by atoms with van der Waals surface area (Å²) in [7, 11) is 2.98. The minimum Gasteiger partial charge on any atom is -0.497 e. The number of esters is 1. The molecule has 1 atom stereocenters. The Balaban J connectivity index is 0.000000789. The highest BCUT2D eigenvalue weighted by molar-refractivity contribution is 5.85. The first-order valence-electron chi connectivity index (χ1n) is 12.1. The smallest absolute Gasteiger partial charge is 0.408 e. The summed E-state index contributed by atoms with van der Waals surface area (Å²) in [6, 6.07) is 4.05. The van der Waals surface area contributed by atoms with Gasteiger partial charge in [0.15, 0.2) is 0 Å². The van der Waals surface area contributed by atoms with Gasteiger partial charge in [-0.2, -0.15) is 0 Å². The maximum absolute atomic E-state index is 12.3. The van der Waals surface area contributed by atoms with Crippen LogP contribution in [-0.2, 0) is 24.7 Å². The lowest BCUT2D eigenvalue weighted by molar-refractivity contribution is -0.158. The van der Waals surface area contributed by atoms with E-state index in [1.165, 1.54) is 46.3 Å². The number of carbonyl (C=O) groups is 3. The molecule has 0 spiro atoms. The number of carboxylic acid groups (broad SMARTS) is 1. The van der Waals surface area contributed by atoms with Crippen molar-refractivity contribution in [2.45, 2.75) is 96.4 Å². The summed E-state index contributed by atoms with van der Waals surface area (Å²) in [5, 5.41) is 11.5. The van der Waals surface area contributed by atoms with Gasteiger partial charge in [-0.3, -0.25) is 4.79 Å². The predicted octanol–water partition coefficient (Wildman–Crippen LogP) is 4.13. The quantitative estimate of drug-likeness (QED) is 0.439. The molecule has 0 bridgehead atoms. The summed E-state index contributed by atoms with van der Waals surface area (Å²) in [4.78, 5) is 35.7. The van der Waals surface area contributed by atoms with Gasteiger partial charge in [0.05, 0.1) is 20.6 Å². The largest absolute Gasteiger partial charge is 0.497 e. The van der Waals surface area contributed by atoms with Gasteiger partial charge in [-0.05, 0) is 59.6 Å². The topological polar surface area (TPSA) is 146 Å². The molecule has 1 aromatic carbocycles. The van der Waals surface area contributed by atoms with E-state index >= 15 is 0 Å². The highest BCUT2D eigenvalue weighted by Gasteiger charge is 2.32. The number of hydrogen-bond donors (Lipinski definition) is 3. The lowest BCUT2D eigenvalue weighted by Gasteiger charge is -2.28. The van der Waals surface area contributed by atoms with E-state index in [-0.39, 0.29) is 0 Å². The fraction of sp³-hybridized carbons (Fsp3) is 0.654. The number of nitrogens with one attached hydrogen (secondary N) is 1. The number of aliphatic carboxylic acids is 1. The van der Waals surface area contributed by atoms with E-state index in [0.717, 1.165) is 0 Å². The Bertz CT molecular complexity index is 873. The highest BCUT2D eigenvalue weighted by atomic mass is 16.6. The van der Waals surface area contributed by atoms with Crippen LogP contribution in [0.4, 0.5) is 4.79 Å². The molecule has 0 heterocycles. The maximum Gasteiger partial charge on any atom is 0.408 e. The van der Waals surface area contributed by atoms with Crippen LogP contribution in [0.1, 0.15) is 78.7 Å². The number of nitrogens with two attached hydrogens (primary N) is 1. The summed E-state index contributed by atoms with van der Waals surface area (Å²) < 4.78 is 21.0. The second kappa shape index (κ2) is 13.9. The van der Waals surface area contributed by atoms with E-state index in [4.69, 9.17) is 24.7 Å². The first-order chi connectivity index (χ1) is 16.7. The van der Waals surface area contributed by atoms with E-state index in [9.17, 15) is 19.5 Å². The zero-order chi connectivity index (χ0) is 27.5. The molecule has 1 saturated carbocycles. The Labute approximate surface area is 213 Å². The average molecular weight is 511 g/mol. The number of ether oxygens (including phenoxy) is 4. The van der Waals surface area contributed by atoms with Crippen LogP contribution in [0.3, 0.4) is 0 Å². The molecule has 0 aromatic heterocycles. The summed E-state index contributed by atoms with van der Waals surface area (Å²) in [6.07, 6.45) is 5.13. The number of benzene rings is 1. The van der Waals surface area contributed by atoms with Gasteiger partial charge < -0.3 is 35.1 Å². The summed E-state index contributed by atoms with van der Waals surface area (Å²) in [5.74, 6) is -1.13. The van der Waals surface area contributed by atoms with Gasteiger partial charge in [0.1, 0.15) is 28.7 Å². The molecule has 1 aromatic rings. The van der Waals surface area contributed by atoms with Crippen molar-refractivity contribution in [2.24, 2.45) is 5.73 Å². The van der Waals surface area contributed by atoms with Crippen molar-refractivity contribution in [2.75, 3.05) is 14.2 Å². The van der Waals surface area contributed by atoms with Crippen molar-refractivity contribution in [1.82, 2.24) is 5.32 Å². The molecule has 1 aliphatic carbocycles. The predicted molar refractivity (Wildman–Crippen MR) is 135 cm³/mol. The zero-order valence-corrected chi connectivity index (χ0v) is 22.5. The molecule has 1 unspecified atom stereocenters. The first kappa shape index (κ1) is 31.0. The number of carbonyl (C=O) groups excluding carboxylic acids is 2. The average Bonchev–Trinajstić information content (AvgIpc) is 2.77. The van der Waals surface area contributed by atoms with E-state index in [1.54, 1.807) is 52.8 Å². The second-order valence-electron chi connectivity index (χ2n) is 10.2. The Hall–Kier alpha value is -3.01. The summed E-state index contributed by atoms with van der Waals surface area (Å²) >= 11 is 0. The van der Waals surface area contributed by atoms with Crippen molar-refractivity contribution in [3.8, 4) is 11.5 Å². The van der Waals surface area contributed by atoms with E-state index in [2.05, 4.69) is 5.32 Å². The van der Waals surface area contributed by atoms with Gasteiger partial charge in [-0.15, -0.1) is 0 Å². The standard InChI is InChI=1S/C20H29NO8.C6H13N/c1-19(2,3)28-16(22)11-14(17(23)24)21-18(25)29-20(4,5)13-9-8-12(26-6)10-15(13)27-7;7-6-4-2-1-3-5-6/h8-10,14H,11H2,1-7H3,(H,21,25)(H,23,24);6H,1-5,7H2. The molecule has 204 valence electrons. The van der Waals surface area contributed by atoms with Crippen LogP contribution in [0, 0.1) is 0 Å². The van der Waals surface area contributed by atoms with Crippen LogP contribution in [0.25, 0.3) is 0 Å². The van der Waals surface area contributed by atoms with E-state index in [1.807, 2.05) is 0 Å². The third kappa shape index (κ3) is 11.2. The van der Waals surface area contributed by atoms with E-state index in [0.29, 0.717) is 23.1 Å². The molecular formula is C26H42N2O8. The van der Waals surface area contributed by atoms with Crippen molar-refractivity contribution in [3.63, 3.8) is 0 Å². The normalized spacial score (nSPS) is 15.0. The van der Waals surface area contributed by atoms with Gasteiger partial charge in [-0.25, -0.2) is 9.59 Å². The van der Waals surface area contributed by atoms with Crippen molar-refractivity contribution >= 4 is 18.0 Å². The van der Waals surface area contributed by atoms with Crippen LogP contribution >= 0.6 is 0 Å². The monoisotopic (exact) mass is 510 g/mol. The molecule has 4 N–H and O–H groups in total. The van der Waals surface area contributed by atoms with E-state index < -0.39 is 41.7 Å². The highest BCUT2D eigenvalue weighted by Crippen LogP contribution is 2.35. The van der Waals surface area contributed by atoms with Crippen LogP contribution in [0.5, 0.6) is 11.5 Å². The molecule has 0 saturated heterocycles. The Kier molecular flexibility index (Phi) is 12.0. The van der Waals surface area contributed by atoms with Gasteiger partial charge in [0.2, 0.25) is 0 Å². The Morgan fingerprint density at radius 1 is 1.03 bits per heavy atom. The Morgan fingerprint density at radius 2 is 1.64 bits per heavy atom. The SMILES string of the molecule is COc1ccc(C(C)(C)OC(=O)NC(CC(=O)OC(C)(C)C)C(=O)O)c(OC)c1.NC1CCCCC1. The maximum atomic E-state index is 12.3. The van der Waals surface area contributed by atoms with Gasteiger partial charge in [0, 0.05) is 17.7 Å². The molecule has 1 fully saturated rings. The van der Waals surface area contributed by atoms with Crippen molar-refractivity contribution in [3.05, 3.63) is 23.8 Å². The van der Waals surface area contributed by atoms with Gasteiger partial charge in [-0.1, -0.05) is 19.3 Å². The molecule has 10 heteroatoms. The fourth-order valence-corrected chi connectivity index (χ4v) is 3.64. The molecule has 0 radical (unpaired) electrons. The number of amides is 1. The van der Waals surface area contributed by atoms with Crippen molar-refractivity contribution in [1.29, 1.82) is 0 Å². The number of hydrogen-bond acceptors (Lipinski definition) is 8. The zero-order valence-electron chi connectivity index (χ0n) is 22.5. The fourth-order valence-electron chi connectivity index (χ4n) is 3.64. The van der Waals surface area contributed by atoms with Crippen LogP contribution in [0.2, 0.25) is 0 Å². The number of carboxylic acids is 1. The first-order valence-corrected chi connectivity index (χ1v) is 12.1. The minimum absolute atomic E-state index is 0.436. The molecule has 1 amide bonds. The van der Waals surface area contributed by atoms with Crippen molar-refractivity contribution < 1.29 is 38.4 Å². The summed E-state index contributed by atoms with van der Waals surface area (Å²) in [5.41, 5.74) is 4.26. The van der Waals surface area contributed by atoms with Crippen LogP contribution in [0.15, 0.2) is 18.2 Å². The molecule has 0 aliphatic heterocycles. The second-order valence-corrected chi connectivity index (χ2v) is 10.2. The van der Waals surface area contributed by atoms with Gasteiger partial charge in [0.25, 0.3) is 0 Å². The molecule has 2 rings (SSSR count). The third-order valence-electron chi connectivity index (χ3n) is 5.44.